The van der Waals surface area contributed by atoms with Crippen molar-refractivity contribution in [3.63, 3.8) is 0 Å². The minimum atomic E-state index is -3.96. The van der Waals surface area contributed by atoms with E-state index in [0.717, 1.165) is 4.31 Å². The third-order valence-corrected chi connectivity index (χ3v) is 6.23. The van der Waals surface area contributed by atoms with Gasteiger partial charge in [-0.1, -0.05) is 23.7 Å². The van der Waals surface area contributed by atoms with Gasteiger partial charge in [-0.3, -0.25) is 9.10 Å². The minimum absolute atomic E-state index is 0.0111. The summed E-state index contributed by atoms with van der Waals surface area (Å²) in [6, 6.07) is 13.6. The minimum Gasteiger partial charge on any atom is -0.452 e. The smallest absolute Gasteiger partial charge is 0.338 e. The Balaban J connectivity index is 2.14. The molecule has 0 heterocycles. The van der Waals surface area contributed by atoms with Crippen LogP contribution in [0.5, 0.6) is 0 Å². The Morgan fingerprint density at radius 1 is 1.13 bits per heavy atom. The molecule has 0 aliphatic rings. The Labute approximate surface area is 180 Å². The van der Waals surface area contributed by atoms with Crippen LogP contribution >= 0.6 is 11.6 Å². The molecular formula is C20H20ClN3O5S. The second kappa shape index (κ2) is 10.1. The van der Waals surface area contributed by atoms with Crippen molar-refractivity contribution in [3.05, 3.63) is 59.1 Å². The number of anilines is 1. The third kappa shape index (κ3) is 5.72. The first-order chi connectivity index (χ1) is 14.2. The van der Waals surface area contributed by atoms with Crippen molar-refractivity contribution < 1.29 is 22.7 Å². The highest BCUT2D eigenvalue weighted by molar-refractivity contribution is 7.92. The highest BCUT2D eigenvalue weighted by Gasteiger charge is 2.23. The molecule has 0 saturated carbocycles. The Morgan fingerprint density at radius 2 is 1.83 bits per heavy atom. The zero-order valence-corrected chi connectivity index (χ0v) is 18.0. The fourth-order valence-electron chi connectivity index (χ4n) is 2.42. The zero-order valence-electron chi connectivity index (χ0n) is 16.4. The number of hydrogen-bond donors (Lipinski definition) is 0. The highest BCUT2D eigenvalue weighted by Crippen LogP contribution is 2.25. The lowest BCUT2D eigenvalue weighted by Crippen LogP contribution is -2.32. The van der Waals surface area contributed by atoms with Crippen LogP contribution in [-0.2, 0) is 19.6 Å². The Morgan fingerprint density at radius 3 is 2.50 bits per heavy atom. The van der Waals surface area contributed by atoms with Crippen LogP contribution in [0.2, 0.25) is 5.02 Å². The molecule has 0 atom stereocenters. The van der Waals surface area contributed by atoms with Crippen LogP contribution in [0, 0.1) is 11.3 Å². The molecule has 10 heteroatoms. The van der Waals surface area contributed by atoms with Gasteiger partial charge in [0.05, 0.1) is 28.6 Å². The summed E-state index contributed by atoms with van der Waals surface area (Å²) in [6.45, 7) is -0.295. The van der Waals surface area contributed by atoms with Crippen molar-refractivity contribution in [2.24, 2.45) is 0 Å². The van der Waals surface area contributed by atoms with Crippen LogP contribution < -0.4 is 4.31 Å². The number of esters is 1. The maximum atomic E-state index is 12.9. The van der Waals surface area contributed by atoms with Gasteiger partial charge in [0.2, 0.25) is 0 Å². The number of likely N-dealkylation sites (N-methyl/N-ethyl adjacent to an activating group) is 1. The largest absolute Gasteiger partial charge is 0.452 e. The number of hydrogen-bond acceptors (Lipinski definition) is 6. The predicted octanol–water partition coefficient (Wildman–Crippen LogP) is 2.69. The molecule has 0 unspecified atom stereocenters. The summed E-state index contributed by atoms with van der Waals surface area (Å²) >= 11 is 5.93. The number of rotatable bonds is 8. The molecule has 2 aromatic carbocycles. The van der Waals surface area contributed by atoms with Gasteiger partial charge in [-0.2, -0.15) is 5.26 Å². The lowest BCUT2D eigenvalue weighted by molar-refractivity contribution is -0.133. The van der Waals surface area contributed by atoms with Gasteiger partial charge in [0.25, 0.3) is 15.9 Å². The summed E-state index contributed by atoms with van der Waals surface area (Å²) < 4.78 is 31.9. The van der Waals surface area contributed by atoms with E-state index >= 15 is 0 Å². The SMILES string of the molecule is CN(CCC#N)C(=O)COC(=O)c1cccc(S(=O)(=O)N(C)c2cccc(Cl)c2)c1. The highest BCUT2D eigenvalue weighted by atomic mass is 35.5. The quantitative estimate of drug-likeness (QED) is 0.573. The molecule has 158 valence electrons. The topological polar surface area (TPSA) is 108 Å². The Kier molecular flexibility index (Phi) is 7.80. The van der Waals surface area contributed by atoms with Gasteiger partial charge in [-0.15, -0.1) is 0 Å². The fraction of sp³-hybridized carbons (Fsp3) is 0.250. The lowest BCUT2D eigenvalue weighted by atomic mass is 10.2. The summed E-state index contributed by atoms with van der Waals surface area (Å²) in [5.41, 5.74) is 0.351. The van der Waals surface area contributed by atoms with Crippen LogP contribution in [0.15, 0.2) is 53.4 Å². The van der Waals surface area contributed by atoms with E-state index in [2.05, 4.69) is 0 Å². The van der Waals surface area contributed by atoms with E-state index in [0.29, 0.717) is 10.7 Å². The number of carbonyl (C=O) groups is 2. The molecule has 2 rings (SSSR count). The maximum Gasteiger partial charge on any atom is 0.338 e. The number of nitrogens with zero attached hydrogens (tertiary/aromatic N) is 3. The monoisotopic (exact) mass is 449 g/mol. The summed E-state index contributed by atoms with van der Waals surface area (Å²) in [6.07, 6.45) is 0.163. The second-order valence-electron chi connectivity index (χ2n) is 6.28. The van der Waals surface area contributed by atoms with Gasteiger partial charge >= 0.3 is 5.97 Å². The number of halogens is 1. The first-order valence-electron chi connectivity index (χ1n) is 8.79. The van der Waals surface area contributed by atoms with E-state index in [-0.39, 0.29) is 23.4 Å². The van der Waals surface area contributed by atoms with Crippen molar-refractivity contribution >= 4 is 39.2 Å². The van der Waals surface area contributed by atoms with Crippen LogP contribution in [0.1, 0.15) is 16.8 Å². The number of carbonyl (C=O) groups excluding carboxylic acids is 2. The molecular weight excluding hydrogens is 430 g/mol. The number of amides is 1. The zero-order chi connectivity index (χ0) is 22.3. The number of ether oxygens (including phenoxy) is 1. The molecule has 8 nitrogen and oxygen atoms in total. The maximum absolute atomic E-state index is 12.9. The molecule has 30 heavy (non-hydrogen) atoms. The standard InChI is InChI=1S/C20H20ClN3O5S/c1-23(11-5-10-22)19(25)14-29-20(26)15-6-3-9-18(12-15)30(27,28)24(2)17-8-4-7-16(21)13-17/h3-4,6-9,12-13H,5,11,14H2,1-2H3. The Bertz CT molecular complexity index is 1080. The number of benzene rings is 2. The van der Waals surface area contributed by atoms with Crippen LogP contribution in [0.4, 0.5) is 5.69 Å². The third-order valence-electron chi connectivity index (χ3n) is 4.21. The molecule has 0 bridgehead atoms. The lowest BCUT2D eigenvalue weighted by Gasteiger charge is -2.20. The Hall–Kier alpha value is -3.09. The second-order valence-corrected chi connectivity index (χ2v) is 8.69. The van der Waals surface area contributed by atoms with Crippen molar-refractivity contribution in [3.8, 4) is 6.07 Å². The predicted molar refractivity (Wildman–Crippen MR) is 112 cm³/mol. The summed E-state index contributed by atoms with van der Waals surface area (Å²) in [5.74, 6) is -1.30. The number of nitriles is 1. The van der Waals surface area contributed by atoms with Crippen LogP contribution in [0.25, 0.3) is 0 Å². The van der Waals surface area contributed by atoms with Gasteiger partial charge in [0.15, 0.2) is 6.61 Å². The summed E-state index contributed by atoms with van der Waals surface area (Å²) in [7, 11) is -1.09. The average molecular weight is 450 g/mol. The van der Waals surface area contributed by atoms with Gasteiger partial charge in [0.1, 0.15) is 0 Å². The van der Waals surface area contributed by atoms with E-state index in [4.69, 9.17) is 21.6 Å². The van der Waals surface area contributed by atoms with Crippen LogP contribution in [0.3, 0.4) is 0 Å². The molecule has 0 aliphatic heterocycles. The van der Waals surface area contributed by atoms with E-state index in [9.17, 15) is 18.0 Å². The molecule has 0 aromatic heterocycles. The molecule has 0 radical (unpaired) electrons. The summed E-state index contributed by atoms with van der Waals surface area (Å²) in [5, 5.41) is 8.93. The molecule has 1 amide bonds. The average Bonchev–Trinajstić information content (AvgIpc) is 2.74. The molecule has 0 fully saturated rings. The van der Waals surface area contributed by atoms with Crippen molar-refractivity contribution in [1.82, 2.24) is 4.90 Å². The van der Waals surface area contributed by atoms with Gasteiger partial charge in [0, 0.05) is 25.7 Å². The van der Waals surface area contributed by atoms with E-state index in [1.807, 2.05) is 6.07 Å². The van der Waals surface area contributed by atoms with Crippen LogP contribution in [-0.4, -0.2) is 52.4 Å². The van der Waals surface area contributed by atoms with Gasteiger partial charge in [-0.25, -0.2) is 13.2 Å². The normalized spacial score (nSPS) is 10.7. The van der Waals surface area contributed by atoms with Gasteiger partial charge in [-0.05, 0) is 36.4 Å². The summed E-state index contributed by atoms with van der Waals surface area (Å²) in [4.78, 5) is 25.3. The van der Waals surface area contributed by atoms with Crippen molar-refractivity contribution in [2.75, 3.05) is 31.6 Å². The van der Waals surface area contributed by atoms with E-state index < -0.39 is 28.5 Å². The van der Waals surface area contributed by atoms with Crippen molar-refractivity contribution in [1.29, 1.82) is 5.26 Å². The first kappa shape index (κ1) is 23.2. The number of sulfonamides is 1. The molecule has 2 aromatic rings. The molecule has 0 spiro atoms. The fourth-order valence-corrected chi connectivity index (χ4v) is 3.83. The van der Waals surface area contributed by atoms with E-state index in [1.54, 1.807) is 18.2 Å². The molecule has 0 aliphatic carbocycles. The molecule has 0 saturated heterocycles. The molecule has 0 N–H and O–H groups in total. The van der Waals surface area contributed by atoms with Crippen molar-refractivity contribution in [2.45, 2.75) is 11.3 Å². The first-order valence-corrected chi connectivity index (χ1v) is 10.6. The van der Waals surface area contributed by atoms with E-state index in [1.165, 1.54) is 49.3 Å². The van der Waals surface area contributed by atoms with Gasteiger partial charge < -0.3 is 9.64 Å².